The molecule has 3 aromatic rings. The lowest BCUT2D eigenvalue weighted by Gasteiger charge is -2.46. The van der Waals surface area contributed by atoms with Crippen LogP contribution in [0, 0.1) is 5.41 Å². The SMILES string of the molecule is CC(=O)OC(C(C)(C)C)C(CCCCCc1cc(C(F)(F)F)ccc1Cl)(Cc1ccccc1)n1cncn1. The van der Waals surface area contributed by atoms with Crippen LogP contribution in [0.25, 0.3) is 0 Å². The topological polar surface area (TPSA) is 57.0 Å². The summed E-state index contributed by atoms with van der Waals surface area (Å²) in [6.45, 7) is 7.51. The van der Waals surface area contributed by atoms with E-state index in [1.165, 1.54) is 19.3 Å². The largest absolute Gasteiger partial charge is 0.459 e. The molecule has 3 rings (SSSR count). The molecule has 0 saturated heterocycles. The third-order valence-electron chi connectivity index (χ3n) is 6.72. The Morgan fingerprint density at radius 2 is 1.76 bits per heavy atom. The van der Waals surface area contributed by atoms with Gasteiger partial charge in [0.15, 0.2) is 0 Å². The van der Waals surface area contributed by atoms with Crippen molar-refractivity contribution in [2.45, 2.75) is 84.0 Å². The molecule has 2 unspecified atom stereocenters. The molecule has 9 heteroatoms. The number of rotatable bonds is 11. The van der Waals surface area contributed by atoms with Gasteiger partial charge in [0.1, 0.15) is 24.3 Å². The van der Waals surface area contributed by atoms with Gasteiger partial charge in [-0.05, 0) is 48.6 Å². The van der Waals surface area contributed by atoms with Crippen LogP contribution in [0.15, 0.2) is 61.2 Å². The Morgan fingerprint density at radius 1 is 1.05 bits per heavy atom. The fraction of sp³-hybridized carbons (Fsp3) is 0.483. The standard InChI is InChI=1S/C29H35ClF3N3O2/c1-21(37)38-26(27(2,3)4)28(36-20-34-19-35-36,18-22-11-7-5-8-12-22)16-10-6-9-13-23-17-24(29(31,32)33)14-15-25(23)30/h5,7-8,11-12,14-15,17,19-20,26H,6,9-10,13,16,18H2,1-4H3. The number of carbonyl (C=O) groups is 1. The smallest absolute Gasteiger partial charge is 0.416 e. The van der Waals surface area contributed by atoms with Crippen molar-refractivity contribution in [3.63, 3.8) is 0 Å². The molecule has 0 N–H and O–H groups in total. The molecule has 0 saturated carbocycles. The Balaban J connectivity index is 1.86. The van der Waals surface area contributed by atoms with Gasteiger partial charge in [-0.2, -0.15) is 18.3 Å². The molecule has 1 heterocycles. The van der Waals surface area contributed by atoms with Gasteiger partial charge >= 0.3 is 12.1 Å². The Bertz CT molecular complexity index is 1180. The highest BCUT2D eigenvalue weighted by molar-refractivity contribution is 6.31. The Labute approximate surface area is 227 Å². The van der Waals surface area contributed by atoms with Crippen molar-refractivity contribution in [2.24, 2.45) is 5.41 Å². The number of benzene rings is 2. The quantitative estimate of drug-likeness (QED) is 0.182. The van der Waals surface area contributed by atoms with Crippen LogP contribution in [-0.4, -0.2) is 26.8 Å². The van der Waals surface area contributed by atoms with E-state index in [4.69, 9.17) is 16.3 Å². The predicted octanol–water partition coefficient (Wildman–Crippen LogP) is 7.67. The molecule has 206 valence electrons. The average Bonchev–Trinajstić information content (AvgIpc) is 3.37. The molecule has 0 fully saturated rings. The highest BCUT2D eigenvalue weighted by Gasteiger charge is 2.49. The van der Waals surface area contributed by atoms with Crippen LogP contribution >= 0.6 is 11.6 Å². The predicted molar refractivity (Wildman–Crippen MR) is 142 cm³/mol. The van der Waals surface area contributed by atoms with E-state index < -0.39 is 28.8 Å². The highest BCUT2D eigenvalue weighted by Crippen LogP contribution is 2.42. The highest BCUT2D eigenvalue weighted by atomic mass is 35.5. The second-order valence-corrected chi connectivity index (χ2v) is 11.2. The number of alkyl halides is 3. The van der Waals surface area contributed by atoms with E-state index in [9.17, 15) is 18.0 Å². The Morgan fingerprint density at radius 3 is 2.34 bits per heavy atom. The van der Waals surface area contributed by atoms with Crippen molar-refractivity contribution in [1.29, 1.82) is 0 Å². The minimum Gasteiger partial charge on any atom is -0.459 e. The molecule has 2 atom stereocenters. The van der Waals surface area contributed by atoms with Crippen molar-refractivity contribution in [3.8, 4) is 0 Å². The van der Waals surface area contributed by atoms with Gasteiger partial charge in [0.2, 0.25) is 0 Å². The summed E-state index contributed by atoms with van der Waals surface area (Å²) < 4.78 is 47.3. The van der Waals surface area contributed by atoms with E-state index in [-0.39, 0.29) is 5.97 Å². The van der Waals surface area contributed by atoms with Gasteiger partial charge in [-0.25, -0.2) is 9.67 Å². The minimum absolute atomic E-state index is 0.335. The van der Waals surface area contributed by atoms with Gasteiger partial charge in [-0.3, -0.25) is 4.79 Å². The first-order valence-corrected chi connectivity index (χ1v) is 13.1. The first-order chi connectivity index (χ1) is 17.8. The van der Waals surface area contributed by atoms with E-state index >= 15 is 0 Å². The third-order valence-corrected chi connectivity index (χ3v) is 7.08. The van der Waals surface area contributed by atoms with Gasteiger partial charge in [0, 0.05) is 23.8 Å². The molecule has 0 radical (unpaired) electrons. The normalized spacial score (nSPS) is 14.6. The Kier molecular flexibility index (Phi) is 9.63. The zero-order chi connectivity index (χ0) is 28.0. The van der Waals surface area contributed by atoms with Crippen molar-refractivity contribution in [3.05, 3.63) is 82.9 Å². The number of unbranched alkanes of at least 4 members (excludes halogenated alkanes) is 2. The second kappa shape index (κ2) is 12.3. The van der Waals surface area contributed by atoms with E-state index in [1.54, 1.807) is 6.33 Å². The van der Waals surface area contributed by atoms with Gasteiger partial charge in [0.25, 0.3) is 0 Å². The molecule has 0 aliphatic carbocycles. The molecule has 5 nitrogen and oxygen atoms in total. The van der Waals surface area contributed by atoms with Crippen LogP contribution in [0.1, 0.15) is 70.1 Å². The van der Waals surface area contributed by atoms with Crippen molar-refractivity contribution >= 4 is 17.6 Å². The maximum absolute atomic E-state index is 13.2. The first kappa shape index (κ1) is 29.7. The maximum atomic E-state index is 13.2. The molecule has 0 bridgehead atoms. The molecule has 0 aliphatic heterocycles. The van der Waals surface area contributed by atoms with Crippen LogP contribution in [-0.2, 0) is 34.1 Å². The average molecular weight is 550 g/mol. The molecule has 1 aromatic heterocycles. The van der Waals surface area contributed by atoms with Crippen LogP contribution in [0.5, 0.6) is 0 Å². The maximum Gasteiger partial charge on any atom is 0.416 e. The van der Waals surface area contributed by atoms with Gasteiger partial charge in [-0.15, -0.1) is 0 Å². The molecule has 0 aliphatic rings. The minimum atomic E-state index is -4.41. The zero-order valence-corrected chi connectivity index (χ0v) is 23.0. The van der Waals surface area contributed by atoms with Crippen molar-refractivity contribution in [1.82, 2.24) is 14.8 Å². The lowest BCUT2D eigenvalue weighted by Crippen LogP contribution is -2.55. The Hall–Kier alpha value is -2.87. The summed E-state index contributed by atoms with van der Waals surface area (Å²) in [5, 5.41) is 4.84. The van der Waals surface area contributed by atoms with Crippen molar-refractivity contribution < 1.29 is 22.7 Å². The molecule has 0 spiro atoms. The second-order valence-electron chi connectivity index (χ2n) is 10.8. The number of esters is 1. The fourth-order valence-electron chi connectivity index (χ4n) is 5.14. The number of hydrogen-bond acceptors (Lipinski definition) is 4. The summed E-state index contributed by atoms with van der Waals surface area (Å²) in [7, 11) is 0. The molecular weight excluding hydrogens is 515 g/mol. The number of nitrogens with zero attached hydrogens (tertiary/aromatic N) is 3. The van der Waals surface area contributed by atoms with Crippen molar-refractivity contribution in [2.75, 3.05) is 0 Å². The van der Waals surface area contributed by atoms with E-state index in [1.807, 2.05) is 55.8 Å². The van der Waals surface area contributed by atoms with Crippen LogP contribution < -0.4 is 0 Å². The van der Waals surface area contributed by atoms with Crippen LogP contribution in [0.2, 0.25) is 5.02 Å². The summed E-state index contributed by atoms with van der Waals surface area (Å²) >= 11 is 6.20. The summed E-state index contributed by atoms with van der Waals surface area (Å²) in [6, 6.07) is 13.4. The van der Waals surface area contributed by atoms with Crippen LogP contribution in [0.4, 0.5) is 13.2 Å². The molecule has 2 aromatic carbocycles. The molecule has 0 amide bonds. The number of aryl methyl sites for hydroxylation is 1. The monoisotopic (exact) mass is 549 g/mol. The summed E-state index contributed by atoms with van der Waals surface area (Å²) in [6.07, 6.45) is 1.96. The lowest BCUT2D eigenvalue weighted by molar-refractivity contribution is -0.164. The molecular formula is C29H35ClF3N3O2. The third kappa shape index (κ3) is 7.59. The van der Waals surface area contributed by atoms with Gasteiger partial charge in [0.05, 0.1) is 5.56 Å². The summed E-state index contributed by atoms with van der Waals surface area (Å²) in [4.78, 5) is 16.5. The zero-order valence-electron chi connectivity index (χ0n) is 22.3. The first-order valence-electron chi connectivity index (χ1n) is 12.7. The number of ether oxygens (including phenoxy) is 1. The fourth-order valence-corrected chi connectivity index (χ4v) is 5.35. The van der Waals surface area contributed by atoms with E-state index in [0.29, 0.717) is 36.3 Å². The number of halogens is 4. The van der Waals surface area contributed by atoms with E-state index in [0.717, 1.165) is 30.5 Å². The lowest BCUT2D eigenvalue weighted by atomic mass is 9.70. The van der Waals surface area contributed by atoms with Crippen LogP contribution in [0.3, 0.4) is 0 Å². The molecule has 38 heavy (non-hydrogen) atoms. The number of carbonyl (C=O) groups excluding carboxylic acids is 1. The summed E-state index contributed by atoms with van der Waals surface area (Å²) in [5.41, 5.74) is -0.284. The number of aromatic nitrogens is 3. The number of hydrogen-bond donors (Lipinski definition) is 0. The van der Waals surface area contributed by atoms with Gasteiger partial charge in [-0.1, -0.05) is 75.5 Å². The van der Waals surface area contributed by atoms with E-state index in [2.05, 4.69) is 10.1 Å². The summed E-state index contributed by atoms with van der Waals surface area (Å²) in [5.74, 6) is -0.373. The van der Waals surface area contributed by atoms with Gasteiger partial charge < -0.3 is 4.74 Å².